The Bertz CT molecular complexity index is 505. The quantitative estimate of drug-likeness (QED) is 0.659. The zero-order valence-electron chi connectivity index (χ0n) is 11.9. The Hall–Kier alpha value is -1.42. The van der Waals surface area contributed by atoms with Crippen molar-refractivity contribution in [2.24, 2.45) is 5.92 Å². The fourth-order valence-electron chi connectivity index (χ4n) is 2.76. The molecule has 0 spiro atoms. The van der Waals surface area contributed by atoms with Crippen LogP contribution in [0.2, 0.25) is 5.02 Å². The summed E-state index contributed by atoms with van der Waals surface area (Å²) in [5, 5.41) is 3.88. The number of nitrogens with two attached hydrogens (primary N) is 1. The molecule has 0 heterocycles. The summed E-state index contributed by atoms with van der Waals surface area (Å²) < 4.78 is 4.81. The molecule has 1 saturated carbocycles. The highest BCUT2D eigenvalue weighted by Crippen LogP contribution is 2.34. The molecule has 1 aliphatic carbocycles. The topological polar surface area (TPSA) is 64.3 Å². The van der Waals surface area contributed by atoms with E-state index in [0.29, 0.717) is 33.9 Å². The van der Waals surface area contributed by atoms with Gasteiger partial charge in [0, 0.05) is 11.7 Å². The molecule has 110 valence electrons. The van der Waals surface area contributed by atoms with E-state index in [1.807, 2.05) is 0 Å². The lowest BCUT2D eigenvalue weighted by molar-refractivity contribution is 0.0601. The largest absolute Gasteiger partial charge is 0.465 e. The van der Waals surface area contributed by atoms with E-state index in [0.717, 1.165) is 6.42 Å². The molecule has 1 aromatic carbocycles. The first kappa shape index (κ1) is 15.0. The maximum Gasteiger partial charge on any atom is 0.340 e. The van der Waals surface area contributed by atoms with Crippen molar-refractivity contribution < 1.29 is 9.53 Å². The molecule has 0 bridgehead atoms. The summed E-state index contributed by atoms with van der Waals surface area (Å²) in [5.41, 5.74) is 7.25. The lowest BCUT2D eigenvalue weighted by Crippen LogP contribution is -2.31. The van der Waals surface area contributed by atoms with Gasteiger partial charge in [-0.2, -0.15) is 0 Å². The van der Waals surface area contributed by atoms with Crippen molar-refractivity contribution in [2.75, 3.05) is 18.2 Å². The van der Waals surface area contributed by atoms with E-state index in [2.05, 4.69) is 12.2 Å². The van der Waals surface area contributed by atoms with Gasteiger partial charge in [0.2, 0.25) is 0 Å². The van der Waals surface area contributed by atoms with Gasteiger partial charge in [-0.3, -0.25) is 0 Å². The van der Waals surface area contributed by atoms with Gasteiger partial charge in [0.1, 0.15) is 0 Å². The number of benzene rings is 1. The summed E-state index contributed by atoms with van der Waals surface area (Å²) in [6, 6.07) is 3.59. The number of halogens is 1. The number of carbonyl (C=O) groups is 1. The zero-order chi connectivity index (χ0) is 14.7. The summed E-state index contributed by atoms with van der Waals surface area (Å²) in [6.45, 7) is 2.22. The van der Waals surface area contributed by atoms with Crippen LogP contribution < -0.4 is 11.1 Å². The van der Waals surface area contributed by atoms with Crippen molar-refractivity contribution in [1.29, 1.82) is 0 Å². The number of nitrogen functional groups attached to an aromatic ring is 1. The van der Waals surface area contributed by atoms with Gasteiger partial charge in [-0.25, -0.2) is 4.79 Å². The molecule has 0 aromatic heterocycles. The van der Waals surface area contributed by atoms with E-state index in [-0.39, 0.29) is 0 Å². The molecule has 2 rings (SSSR count). The second kappa shape index (κ2) is 6.35. The van der Waals surface area contributed by atoms with Gasteiger partial charge in [-0.1, -0.05) is 31.4 Å². The maximum absolute atomic E-state index is 11.9. The number of carbonyl (C=O) groups excluding carboxylic acids is 1. The molecule has 1 aliphatic rings. The SMILES string of the molecule is COC(=O)c1cc(N)cc(Cl)c1NC1CCCCC1C. The smallest absolute Gasteiger partial charge is 0.340 e. The van der Waals surface area contributed by atoms with Gasteiger partial charge in [0.15, 0.2) is 0 Å². The number of hydrogen-bond acceptors (Lipinski definition) is 4. The number of anilines is 2. The first-order valence-corrected chi connectivity index (χ1v) is 7.34. The van der Waals surface area contributed by atoms with E-state index in [9.17, 15) is 4.79 Å². The van der Waals surface area contributed by atoms with Gasteiger partial charge in [-0.15, -0.1) is 0 Å². The average molecular weight is 297 g/mol. The fraction of sp³-hybridized carbons (Fsp3) is 0.533. The van der Waals surface area contributed by atoms with Crippen LogP contribution in [0.4, 0.5) is 11.4 Å². The van der Waals surface area contributed by atoms with Crippen molar-refractivity contribution in [1.82, 2.24) is 0 Å². The Morgan fingerprint density at radius 1 is 1.40 bits per heavy atom. The summed E-state index contributed by atoms with van der Waals surface area (Å²) in [5.74, 6) is 0.132. The van der Waals surface area contributed by atoms with Crippen LogP contribution in [0, 0.1) is 5.92 Å². The van der Waals surface area contributed by atoms with Crippen LogP contribution in [-0.4, -0.2) is 19.1 Å². The second-order valence-electron chi connectivity index (χ2n) is 5.43. The molecule has 1 fully saturated rings. The standard InChI is InChI=1S/C15H21ClN2O2/c1-9-5-3-4-6-13(9)18-14-11(15(19)20-2)7-10(17)8-12(14)16/h7-9,13,18H,3-6,17H2,1-2H3. The average Bonchev–Trinajstić information content (AvgIpc) is 2.42. The Morgan fingerprint density at radius 2 is 2.10 bits per heavy atom. The van der Waals surface area contributed by atoms with Crippen molar-refractivity contribution >= 4 is 28.9 Å². The van der Waals surface area contributed by atoms with Crippen LogP contribution in [0.3, 0.4) is 0 Å². The number of nitrogens with one attached hydrogen (secondary N) is 1. The lowest BCUT2D eigenvalue weighted by Gasteiger charge is -2.31. The van der Waals surface area contributed by atoms with Gasteiger partial charge < -0.3 is 15.8 Å². The highest BCUT2D eigenvalue weighted by Gasteiger charge is 2.24. The number of esters is 1. The highest BCUT2D eigenvalue weighted by molar-refractivity contribution is 6.34. The van der Waals surface area contributed by atoms with Crippen LogP contribution in [0.5, 0.6) is 0 Å². The molecule has 2 unspecified atom stereocenters. The van der Waals surface area contributed by atoms with Gasteiger partial charge in [0.05, 0.1) is 23.4 Å². The second-order valence-corrected chi connectivity index (χ2v) is 5.84. The number of hydrogen-bond donors (Lipinski definition) is 2. The third-order valence-electron chi connectivity index (χ3n) is 3.96. The number of rotatable bonds is 3. The minimum atomic E-state index is -0.426. The zero-order valence-corrected chi connectivity index (χ0v) is 12.7. The summed E-state index contributed by atoms with van der Waals surface area (Å²) in [7, 11) is 1.35. The Balaban J connectivity index is 2.32. The van der Waals surface area contributed by atoms with Crippen LogP contribution >= 0.6 is 11.6 Å². The number of methoxy groups -OCH3 is 1. The van der Waals surface area contributed by atoms with Crippen molar-refractivity contribution in [3.63, 3.8) is 0 Å². The predicted molar refractivity (Wildman–Crippen MR) is 82.2 cm³/mol. The first-order chi connectivity index (χ1) is 9.52. The molecule has 3 N–H and O–H groups in total. The normalized spacial score (nSPS) is 22.4. The minimum absolute atomic E-state index is 0.327. The van der Waals surface area contributed by atoms with Crippen molar-refractivity contribution in [2.45, 2.75) is 38.6 Å². The van der Waals surface area contributed by atoms with E-state index >= 15 is 0 Å². The Labute approximate surface area is 124 Å². The van der Waals surface area contributed by atoms with E-state index in [4.69, 9.17) is 22.1 Å². The molecular weight excluding hydrogens is 276 g/mol. The molecule has 2 atom stereocenters. The Morgan fingerprint density at radius 3 is 2.75 bits per heavy atom. The van der Waals surface area contributed by atoms with E-state index in [1.54, 1.807) is 12.1 Å². The highest BCUT2D eigenvalue weighted by atomic mass is 35.5. The van der Waals surface area contributed by atoms with Crippen LogP contribution in [0.15, 0.2) is 12.1 Å². The lowest BCUT2D eigenvalue weighted by atomic mass is 9.85. The molecule has 5 heteroatoms. The molecule has 0 aliphatic heterocycles. The van der Waals surface area contributed by atoms with E-state index in [1.165, 1.54) is 26.4 Å². The third kappa shape index (κ3) is 3.18. The molecule has 0 radical (unpaired) electrons. The minimum Gasteiger partial charge on any atom is -0.465 e. The Kier molecular flexibility index (Phi) is 4.76. The van der Waals surface area contributed by atoms with Gasteiger partial charge >= 0.3 is 5.97 Å². The molecule has 0 amide bonds. The third-order valence-corrected chi connectivity index (χ3v) is 4.26. The van der Waals surface area contributed by atoms with Crippen LogP contribution in [0.25, 0.3) is 0 Å². The van der Waals surface area contributed by atoms with Crippen LogP contribution in [0.1, 0.15) is 43.0 Å². The first-order valence-electron chi connectivity index (χ1n) is 6.96. The van der Waals surface area contributed by atoms with Crippen molar-refractivity contribution in [3.8, 4) is 0 Å². The molecule has 4 nitrogen and oxygen atoms in total. The molecule has 1 aromatic rings. The monoisotopic (exact) mass is 296 g/mol. The van der Waals surface area contributed by atoms with Gasteiger partial charge in [-0.05, 0) is 30.9 Å². The molecular formula is C15H21ClN2O2. The van der Waals surface area contributed by atoms with Gasteiger partial charge in [0.25, 0.3) is 0 Å². The molecule has 0 saturated heterocycles. The molecule has 20 heavy (non-hydrogen) atoms. The fourth-order valence-corrected chi connectivity index (χ4v) is 3.04. The summed E-state index contributed by atoms with van der Waals surface area (Å²) in [6.07, 6.45) is 4.74. The van der Waals surface area contributed by atoms with Crippen molar-refractivity contribution in [3.05, 3.63) is 22.7 Å². The number of ether oxygens (including phenoxy) is 1. The van der Waals surface area contributed by atoms with Crippen LogP contribution in [-0.2, 0) is 4.74 Å². The maximum atomic E-state index is 11.9. The summed E-state index contributed by atoms with van der Waals surface area (Å²) in [4.78, 5) is 11.9. The van der Waals surface area contributed by atoms with E-state index < -0.39 is 5.97 Å². The predicted octanol–water partition coefficient (Wildman–Crippen LogP) is 3.70. The summed E-state index contributed by atoms with van der Waals surface area (Å²) >= 11 is 6.25.